The van der Waals surface area contributed by atoms with Gasteiger partial charge in [0.05, 0.1) is 0 Å². The second-order valence-corrected chi connectivity index (χ2v) is 4.42. The van der Waals surface area contributed by atoms with Gasteiger partial charge in [-0.25, -0.2) is 0 Å². The molecule has 0 atom stereocenters. The summed E-state index contributed by atoms with van der Waals surface area (Å²) in [5, 5.41) is 7.55. The molecule has 14 heavy (non-hydrogen) atoms. The predicted molar refractivity (Wildman–Crippen MR) is 64.1 cm³/mol. The zero-order valence-electron chi connectivity index (χ0n) is 9.12. The minimum atomic E-state index is 1.11. The van der Waals surface area contributed by atoms with Crippen LogP contribution in [0.2, 0.25) is 0 Å². The summed E-state index contributed by atoms with van der Waals surface area (Å²) in [5.74, 6) is 0. The van der Waals surface area contributed by atoms with Gasteiger partial charge in [0.15, 0.2) is 0 Å². The van der Waals surface area contributed by atoms with Gasteiger partial charge in [-0.3, -0.25) is 0 Å². The van der Waals surface area contributed by atoms with E-state index in [1.54, 1.807) is 11.3 Å². The van der Waals surface area contributed by atoms with Crippen LogP contribution in [-0.2, 0) is 6.42 Å². The van der Waals surface area contributed by atoms with Gasteiger partial charge in [-0.05, 0) is 62.4 Å². The maximum Gasteiger partial charge on any atom is 0.00191 e. The zero-order chi connectivity index (χ0) is 10.2. The van der Waals surface area contributed by atoms with Crippen molar-refractivity contribution in [1.82, 2.24) is 10.2 Å². The van der Waals surface area contributed by atoms with Crippen LogP contribution in [0.5, 0.6) is 0 Å². The molecule has 1 N–H and O–H groups in total. The van der Waals surface area contributed by atoms with Gasteiger partial charge in [0.25, 0.3) is 0 Å². The van der Waals surface area contributed by atoms with E-state index in [1.165, 1.54) is 31.5 Å². The predicted octanol–water partition coefficient (Wildman–Crippen LogP) is 1.83. The third-order valence-corrected chi connectivity index (χ3v) is 3.06. The van der Waals surface area contributed by atoms with Crippen molar-refractivity contribution >= 4 is 11.3 Å². The molecule has 0 aliphatic carbocycles. The fourth-order valence-corrected chi connectivity index (χ4v) is 2.10. The van der Waals surface area contributed by atoms with Crippen molar-refractivity contribution in [2.24, 2.45) is 0 Å². The zero-order valence-corrected chi connectivity index (χ0v) is 9.94. The van der Waals surface area contributed by atoms with Crippen molar-refractivity contribution in [2.75, 3.05) is 33.7 Å². The molecular formula is C11H20N2S. The van der Waals surface area contributed by atoms with Gasteiger partial charge >= 0.3 is 0 Å². The Morgan fingerprint density at radius 1 is 1.43 bits per heavy atom. The standard InChI is InChI=1S/C11H20N2S/c1-12-6-3-7-13(2)8-4-11-5-9-14-10-11/h5,9-10,12H,3-4,6-8H2,1-2H3. The van der Waals surface area contributed by atoms with Gasteiger partial charge in [0, 0.05) is 6.54 Å². The van der Waals surface area contributed by atoms with Crippen LogP contribution in [0.25, 0.3) is 0 Å². The number of hydrogen-bond donors (Lipinski definition) is 1. The average molecular weight is 212 g/mol. The highest BCUT2D eigenvalue weighted by molar-refractivity contribution is 7.07. The van der Waals surface area contributed by atoms with Crippen molar-refractivity contribution < 1.29 is 0 Å². The molecule has 1 aromatic heterocycles. The lowest BCUT2D eigenvalue weighted by Gasteiger charge is -2.15. The van der Waals surface area contributed by atoms with E-state index in [4.69, 9.17) is 0 Å². The Morgan fingerprint density at radius 3 is 2.93 bits per heavy atom. The summed E-state index contributed by atoms with van der Waals surface area (Å²) in [6, 6.07) is 2.21. The summed E-state index contributed by atoms with van der Waals surface area (Å²) in [7, 11) is 4.20. The number of nitrogens with zero attached hydrogens (tertiary/aromatic N) is 1. The van der Waals surface area contributed by atoms with Crippen molar-refractivity contribution in [1.29, 1.82) is 0 Å². The molecule has 2 nitrogen and oxygen atoms in total. The van der Waals surface area contributed by atoms with Crippen LogP contribution in [-0.4, -0.2) is 38.6 Å². The quantitative estimate of drug-likeness (QED) is 0.694. The molecule has 1 heterocycles. The molecule has 0 saturated carbocycles. The van der Waals surface area contributed by atoms with Crippen LogP contribution >= 0.6 is 11.3 Å². The van der Waals surface area contributed by atoms with Gasteiger partial charge in [-0.1, -0.05) is 0 Å². The summed E-state index contributed by atoms with van der Waals surface area (Å²) >= 11 is 1.78. The van der Waals surface area contributed by atoms with Crippen LogP contribution in [0.1, 0.15) is 12.0 Å². The molecule has 0 aliphatic heterocycles. The van der Waals surface area contributed by atoms with Crippen LogP contribution in [0.15, 0.2) is 16.8 Å². The molecule has 0 aliphatic rings. The Morgan fingerprint density at radius 2 is 2.29 bits per heavy atom. The van der Waals surface area contributed by atoms with Gasteiger partial charge in [0.1, 0.15) is 0 Å². The summed E-state index contributed by atoms with van der Waals surface area (Å²) in [5.41, 5.74) is 1.47. The Kier molecular flexibility index (Phi) is 5.83. The summed E-state index contributed by atoms with van der Waals surface area (Å²) in [6.45, 7) is 3.47. The normalized spacial score (nSPS) is 11.1. The van der Waals surface area contributed by atoms with E-state index in [0.29, 0.717) is 0 Å². The lowest BCUT2D eigenvalue weighted by Crippen LogP contribution is -2.24. The second kappa shape index (κ2) is 6.98. The lowest BCUT2D eigenvalue weighted by molar-refractivity contribution is 0.332. The summed E-state index contributed by atoms with van der Waals surface area (Å²) < 4.78 is 0. The molecule has 1 aromatic rings. The minimum Gasteiger partial charge on any atom is -0.320 e. The van der Waals surface area contributed by atoms with Crippen LogP contribution in [0, 0.1) is 0 Å². The lowest BCUT2D eigenvalue weighted by atomic mass is 10.2. The number of rotatable bonds is 7. The molecule has 0 bridgehead atoms. The van der Waals surface area contributed by atoms with E-state index in [2.05, 4.69) is 34.1 Å². The Hall–Kier alpha value is -0.380. The topological polar surface area (TPSA) is 15.3 Å². The van der Waals surface area contributed by atoms with Gasteiger partial charge in [-0.2, -0.15) is 11.3 Å². The third kappa shape index (κ3) is 4.74. The maximum absolute atomic E-state index is 3.17. The largest absolute Gasteiger partial charge is 0.320 e. The van der Waals surface area contributed by atoms with Crippen LogP contribution in [0.4, 0.5) is 0 Å². The maximum atomic E-state index is 3.17. The molecular weight excluding hydrogens is 192 g/mol. The molecule has 0 amide bonds. The number of hydrogen-bond acceptors (Lipinski definition) is 3. The Balaban J connectivity index is 2.06. The summed E-state index contributed by atoms with van der Waals surface area (Å²) in [4.78, 5) is 2.40. The Bertz CT molecular complexity index is 221. The molecule has 0 spiro atoms. The highest BCUT2D eigenvalue weighted by Gasteiger charge is 1.98. The van der Waals surface area contributed by atoms with Crippen LogP contribution < -0.4 is 5.32 Å². The molecule has 0 saturated heterocycles. The molecule has 80 valence electrons. The molecule has 1 rings (SSSR count). The highest BCUT2D eigenvalue weighted by Crippen LogP contribution is 2.06. The molecule has 3 heteroatoms. The minimum absolute atomic E-state index is 1.11. The number of likely N-dealkylation sites (N-methyl/N-ethyl adjacent to an activating group) is 1. The molecule has 0 aromatic carbocycles. The van der Waals surface area contributed by atoms with Crippen LogP contribution in [0.3, 0.4) is 0 Å². The number of nitrogens with one attached hydrogen (secondary N) is 1. The van der Waals surface area contributed by atoms with E-state index in [9.17, 15) is 0 Å². The van der Waals surface area contributed by atoms with Gasteiger partial charge in [-0.15, -0.1) is 0 Å². The van der Waals surface area contributed by atoms with Crippen molar-refractivity contribution in [2.45, 2.75) is 12.8 Å². The first-order valence-corrected chi connectivity index (χ1v) is 6.11. The first-order chi connectivity index (χ1) is 6.83. The van der Waals surface area contributed by atoms with Gasteiger partial charge in [0.2, 0.25) is 0 Å². The van der Waals surface area contributed by atoms with E-state index < -0.39 is 0 Å². The average Bonchev–Trinajstić information content (AvgIpc) is 2.68. The fourth-order valence-electron chi connectivity index (χ4n) is 1.39. The second-order valence-electron chi connectivity index (χ2n) is 3.64. The SMILES string of the molecule is CNCCCN(C)CCc1ccsc1. The first-order valence-electron chi connectivity index (χ1n) is 5.17. The van der Waals surface area contributed by atoms with E-state index in [0.717, 1.165) is 6.54 Å². The smallest absolute Gasteiger partial charge is 0.00191 e. The van der Waals surface area contributed by atoms with Crippen molar-refractivity contribution in [3.05, 3.63) is 22.4 Å². The van der Waals surface area contributed by atoms with Crippen molar-refractivity contribution in [3.8, 4) is 0 Å². The fraction of sp³-hybridized carbons (Fsp3) is 0.636. The molecule has 0 fully saturated rings. The first kappa shape index (κ1) is 11.7. The van der Waals surface area contributed by atoms with E-state index in [1.807, 2.05) is 7.05 Å². The van der Waals surface area contributed by atoms with Gasteiger partial charge < -0.3 is 10.2 Å². The Labute approximate surface area is 90.9 Å². The molecule has 0 unspecified atom stereocenters. The van der Waals surface area contributed by atoms with Crippen molar-refractivity contribution in [3.63, 3.8) is 0 Å². The van der Waals surface area contributed by atoms with E-state index >= 15 is 0 Å². The third-order valence-electron chi connectivity index (χ3n) is 2.33. The monoisotopic (exact) mass is 212 g/mol. The molecule has 0 radical (unpaired) electrons. The number of thiophene rings is 1. The summed E-state index contributed by atoms with van der Waals surface area (Å²) in [6.07, 6.45) is 2.41. The highest BCUT2D eigenvalue weighted by atomic mass is 32.1. The van der Waals surface area contributed by atoms with E-state index in [-0.39, 0.29) is 0 Å².